The zero-order valence-electron chi connectivity index (χ0n) is 12.3. The van der Waals surface area contributed by atoms with Crippen molar-refractivity contribution < 1.29 is 10.2 Å². The van der Waals surface area contributed by atoms with Crippen LogP contribution in [0.25, 0.3) is 0 Å². The summed E-state index contributed by atoms with van der Waals surface area (Å²) in [4.78, 5) is 0. The van der Waals surface area contributed by atoms with Gasteiger partial charge in [0.05, 0.1) is 5.60 Å². The summed E-state index contributed by atoms with van der Waals surface area (Å²) in [7, 11) is 0. The van der Waals surface area contributed by atoms with Gasteiger partial charge < -0.3 is 10.2 Å². The van der Waals surface area contributed by atoms with E-state index in [1.54, 1.807) is 12.1 Å². The van der Waals surface area contributed by atoms with Crippen LogP contribution < -0.4 is 0 Å². The van der Waals surface area contributed by atoms with Gasteiger partial charge in [0.1, 0.15) is 5.75 Å². The van der Waals surface area contributed by atoms with Gasteiger partial charge in [-0.25, -0.2) is 0 Å². The Morgan fingerprint density at radius 1 is 1.21 bits per heavy atom. The van der Waals surface area contributed by atoms with Gasteiger partial charge in [-0.1, -0.05) is 32.9 Å². The smallest absolute Gasteiger partial charge is 0.115 e. The largest absolute Gasteiger partial charge is 0.508 e. The molecule has 1 aromatic carbocycles. The van der Waals surface area contributed by atoms with Crippen molar-refractivity contribution >= 4 is 0 Å². The van der Waals surface area contributed by atoms with Crippen LogP contribution in [0, 0.1) is 11.3 Å². The molecule has 1 aliphatic rings. The first-order valence-corrected chi connectivity index (χ1v) is 7.29. The molecule has 1 fully saturated rings. The lowest BCUT2D eigenvalue weighted by Gasteiger charge is -2.41. The second-order valence-electron chi connectivity index (χ2n) is 7.21. The highest BCUT2D eigenvalue weighted by Gasteiger charge is 2.37. The molecule has 2 rings (SSSR count). The Balaban J connectivity index is 1.99. The van der Waals surface area contributed by atoms with Crippen molar-refractivity contribution in [2.75, 3.05) is 0 Å². The van der Waals surface area contributed by atoms with Gasteiger partial charge in [0, 0.05) is 6.42 Å². The molecular formula is C17H26O2. The Morgan fingerprint density at radius 2 is 1.84 bits per heavy atom. The highest BCUT2D eigenvalue weighted by Crippen LogP contribution is 2.42. The van der Waals surface area contributed by atoms with Crippen molar-refractivity contribution in [1.29, 1.82) is 0 Å². The van der Waals surface area contributed by atoms with E-state index in [0.717, 1.165) is 31.2 Å². The van der Waals surface area contributed by atoms with Crippen LogP contribution in [0.3, 0.4) is 0 Å². The normalized spacial score (nSPS) is 28.3. The van der Waals surface area contributed by atoms with Crippen LogP contribution in [0.5, 0.6) is 5.75 Å². The molecule has 0 amide bonds. The number of phenols is 1. The molecule has 1 aromatic rings. The molecule has 2 N–H and O–H groups in total. The van der Waals surface area contributed by atoms with Crippen LogP contribution in [0.4, 0.5) is 0 Å². The summed E-state index contributed by atoms with van der Waals surface area (Å²) in [6.07, 6.45) is 4.57. The molecule has 106 valence electrons. The van der Waals surface area contributed by atoms with E-state index in [9.17, 15) is 10.2 Å². The zero-order chi connectivity index (χ0) is 14.1. The van der Waals surface area contributed by atoms with Gasteiger partial charge in [-0.15, -0.1) is 0 Å². The lowest BCUT2D eigenvalue weighted by Crippen LogP contribution is -2.39. The van der Waals surface area contributed by atoms with Crippen molar-refractivity contribution in [3.63, 3.8) is 0 Å². The van der Waals surface area contributed by atoms with Crippen molar-refractivity contribution in [1.82, 2.24) is 0 Å². The van der Waals surface area contributed by atoms with Crippen molar-refractivity contribution in [3.8, 4) is 5.75 Å². The number of aliphatic hydroxyl groups is 1. The quantitative estimate of drug-likeness (QED) is 0.848. The van der Waals surface area contributed by atoms with Crippen LogP contribution in [-0.2, 0) is 6.42 Å². The summed E-state index contributed by atoms with van der Waals surface area (Å²) in [5, 5.41) is 20.2. The lowest BCUT2D eigenvalue weighted by atomic mass is 9.67. The number of aromatic hydroxyl groups is 1. The molecule has 0 saturated heterocycles. The summed E-state index contributed by atoms with van der Waals surface area (Å²) in [5.41, 5.74) is 0.777. The molecule has 19 heavy (non-hydrogen) atoms. The fraction of sp³-hybridized carbons (Fsp3) is 0.647. The number of rotatable bonds is 2. The molecule has 0 heterocycles. The third-order valence-electron chi connectivity index (χ3n) is 4.58. The van der Waals surface area contributed by atoms with Crippen molar-refractivity contribution in [2.45, 2.75) is 58.5 Å². The molecule has 0 aromatic heterocycles. The third kappa shape index (κ3) is 3.73. The monoisotopic (exact) mass is 262 g/mol. The molecule has 0 radical (unpaired) electrons. The maximum absolute atomic E-state index is 10.7. The van der Waals surface area contributed by atoms with E-state index in [4.69, 9.17) is 0 Å². The molecule has 1 aliphatic carbocycles. The Labute approximate surface area is 116 Å². The van der Waals surface area contributed by atoms with Gasteiger partial charge in [0.15, 0.2) is 0 Å². The summed E-state index contributed by atoms with van der Waals surface area (Å²) in [5.74, 6) is 0.987. The molecule has 0 spiro atoms. The maximum atomic E-state index is 10.7. The number of benzene rings is 1. The fourth-order valence-electron chi connectivity index (χ4n) is 3.24. The van der Waals surface area contributed by atoms with Gasteiger partial charge >= 0.3 is 0 Å². The molecule has 0 bridgehead atoms. The van der Waals surface area contributed by atoms with E-state index in [1.807, 2.05) is 12.1 Å². The maximum Gasteiger partial charge on any atom is 0.115 e. The van der Waals surface area contributed by atoms with Crippen LogP contribution >= 0.6 is 0 Å². The lowest BCUT2D eigenvalue weighted by molar-refractivity contribution is -0.0245. The SMILES string of the molecule is CC(C)(C)C1CCC(O)(Cc2cccc(O)c2)CC1. The molecule has 0 atom stereocenters. The predicted molar refractivity (Wildman–Crippen MR) is 78.2 cm³/mol. The molecule has 2 heteroatoms. The van der Waals surface area contributed by atoms with E-state index in [1.165, 1.54) is 0 Å². The molecule has 1 saturated carbocycles. The van der Waals surface area contributed by atoms with Gasteiger partial charge in [0.25, 0.3) is 0 Å². The van der Waals surface area contributed by atoms with Gasteiger partial charge in [-0.05, 0) is 54.7 Å². The van der Waals surface area contributed by atoms with Crippen LogP contribution in [0.1, 0.15) is 52.0 Å². The van der Waals surface area contributed by atoms with E-state index in [-0.39, 0.29) is 5.75 Å². The number of hydrogen-bond donors (Lipinski definition) is 2. The van der Waals surface area contributed by atoms with Crippen molar-refractivity contribution in [2.24, 2.45) is 11.3 Å². The van der Waals surface area contributed by atoms with E-state index in [0.29, 0.717) is 17.8 Å². The number of hydrogen-bond acceptors (Lipinski definition) is 2. The summed E-state index contributed by atoms with van der Waals surface area (Å²) in [6, 6.07) is 7.25. The Hall–Kier alpha value is -1.02. The summed E-state index contributed by atoms with van der Waals surface area (Å²) in [6.45, 7) is 6.87. The van der Waals surface area contributed by atoms with Gasteiger partial charge in [0.2, 0.25) is 0 Å². The third-order valence-corrected chi connectivity index (χ3v) is 4.58. The second-order valence-corrected chi connectivity index (χ2v) is 7.21. The average Bonchev–Trinajstić information content (AvgIpc) is 2.27. The Morgan fingerprint density at radius 3 is 2.37 bits per heavy atom. The zero-order valence-corrected chi connectivity index (χ0v) is 12.3. The first-order valence-electron chi connectivity index (χ1n) is 7.29. The minimum Gasteiger partial charge on any atom is -0.508 e. The Bertz CT molecular complexity index is 423. The minimum atomic E-state index is -0.588. The van der Waals surface area contributed by atoms with E-state index in [2.05, 4.69) is 20.8 Å². The first kappa shape index (κ1) is 14.4. The van der Waals surface area contributed by atoms with E-state index >= 15 is 0 Å². The van der Waals surface area contributed by atoms with E-state index < -0.39 is 5.60 Å². The topological polar surface area (TPSA) is 40.5 Å². The standard InChI is InChI=1S/C17H26O2/c1-16(2,3)14-7-9-17(19,10-8-14)12-13-5-4-6-15(18)11-13/h4-6,11,14,18-19H,7-10,12H2,1-3H3. The van der Waals surface area contributed by atoms with Crippen LogP contribution in [0.2, 0.25) is 0 Å². The van der Waals surface area contributed by atoms with Crippen LogP contribution in [0.15, 0.2) is 24.3 Å². The number of phenolic OH excluding ortho intramolecular Hbond substituents is 1. The molecule has 2 nitrogen and oxygen atoms in total. The molecular weight excluding hydrogens is 236 g/mol. The highest BCUT2D eigenvalue weighted by molar-refractivity contribution is 5.28. The molecule has 0 unspecified atom stereocenters. The first-order chi connectivity index (χ1) is 8.78. The highest BCUT2D eigenvalue weighted by atomic mass is 16.3. The van der Waals surface area contributed by atoms with Gasteiger partial charge in [-0.2, -0.15) is 0 Å². The Kier molecular flexibility index (Phi) is 3.91. The predicted octanol–water partition coefficient (Wildman–Crippen LogP) is 3.90. The van der Waals surface area contributed by atoms with Gasteiger partial charge in [-0.3, -0.25) is 0 Å². The minimum absolute atomic E-state index is 0.282. The summed E-state index contributed by atoms with van der Waals surface area (Å²) < 4.78 is 0. The van der Waals surface area contributed by atoms with Crippen molar-refractivity contribution in [3.05, 3.63) is 29.8 Å². The van der Waals surface area contributed by atoms with Crippen LogP contribution in [-0.4, -0.2) is 15.8 Å². The fourth-order valence-corrected chi connectivity index (χ4v) is 3.24. The molecule has 0 aliphatic heterocycles. The summed E-state index contributed by atoms with van der Waals surface area (Å²) >= 11 is 0. The average molecular weight is 262 g/mol. The second kappa shape index (κ2) is 5.16.